The lowest BCUT2D eigenvalue weighted by molar-refractivity contribution is -0.155. The Morgan fingerprint density at radius 1 is 0.806 bits per heavy atom. The number of hydrazine groups is 1. The number of fused-ring (bicyclic) bond motifs is 4. The van der Waals surface area contributed by atoms with Crippen LogP contribution in [-0.2, 0) is 0 Å². The molecular formula is C28H28N2O. The minimum Gasteiger partial charge on any atom is -0.471 e. The molecule has 0 saturated heterocycles. The molecule has 3 heteroatoms. The molecule has 0 unspecified atom stereocenters. The van der Waals surface area contributed by atoms with E-state index in [4.69, 9.17) is 4.74 Å². The largest absolute Gasteiger partial charge is 0.471 e. The van der Waals surface area contributed by atoms with Crippen LogP contribution in [0.2, 0.25) is 0 Å². The predicted molar refractivity (Wildman–Crippen MR) is 125 cm³/mol. The molecule has 0 radical (unpaired) electrons. The maximum Gasteiger partial charge on any atom is 0.180 e. The first kappa shape index (κ1) is 18.7. The smallest absolute Gasteiger partial charge is 0.180 e. The van der Waals surface area contributed by atoms with E-state index in [1.165, 1.54) is 40.8 Å². The second kappa shape index (κ2) is 7.28. The Morgan fingerprint density at radius 2 is 1.45 bits per heavy atom. The molecule has 3 aliphatic rings. The summed E-state index contributed by atoms with van der Waals surface area (Å²) in [4.78, 5) is 0. The number of rotatable bonds is 2. The van der Waals surface area contributed by atoms with Crippen molar-refractivity contribution in [1.29, 1.82) is 0 Å². The van der Waals surface area contributed by atoms with Crippen molar-refractivity contribution in [2.75, 3.05) is 0 Å². The number of nitrogens with zero attached hydrogens (tertiary/aromatic N) is 1. The van der Waals surface area contributed by atoms with Crippen LogP contribution in [0.15, 0.2) is 84.9 Å². The van der Waals surface area contributed by atoms with Crippen LogP contribution in [0.5, 0.6) is 5.75 Å². The van der Waals surface area contributed by atoms with Gasteiger partial charge in [-0.1, -0.05) is 79.7 Å². The summed E-state index contributed by atoms with van der Waals surface area (Å²) in [6.45, 7) is 2.36. The lowest BCUT2D eigenvalue weighted by atomic mass is 9.82. The average molecular weight is 409 g/mol. The van der Waals surface area contributed by atoms with Crippen LogP contribution in [0.3, 0.4) is 0 Å². The second-order valence-corrected chi connectivity index (χ2v) is 9.22. The van der Waals surface area contributed by atoms with Gasteiger partial charge in [0.05, 0.1) is 11.7 Å². The van der Waals surface area contributed by atoms with Gasteiger partial charge in [-0.05, 0) is 47.6 Å². The zero-order chi connectivity index (χ0) is 20.8. The molecular weight excluding hydrogens is 380 g/mol. The third kappa shape index (κ3) is 3.16. The van der Waals surface area contributed by atoms with Crippen molar-refractivity contribution in [3.8, 4) is 16.9 Å². The van der Waals surface area contributed by atoms with Gasteiger partial charge < -0.3 is 10.2 Å². The third-order valence-corrected chi connectivity index (χ3v) is 7.18. The van der Waals surface area contributed by atoms with E-state index >= 15 is 0 Å². The van der Waals surface area contributed by atoms with Gasteiger partial charge in [-0.3, -0.25) is 0 Å². The summed E-state index contributed by atoms with van der Waals surface area (Å²) in [5.74, 6) is 1.81. The molecule has 1 fully saturated rings. The Hall–Kier alpha value is -3.04. The van der Waals surface area contributed by atoms with E-state index in [9.17, 15) is 0 Å². The van der Waals surface area contributed by atoms with Crippen molar-refractivity contribution >= 4 is 5.70 Å². The molecule has 3 nitrogen and oxygen atoms in total. The van der Waals surface area contributed by atoms with Crippen molar-refractivity contribution in [3.05, 3.63) is 96.1 Å². The molecule has 31 heavy (non-hydrogen) atoms. The quantitative estimate of drug-likeness (QED) is 0.520. The number of para-hydroxylation sites is 1. The zero-order valence-electron chi connectivity index (χ0n) is 17.9. The summed E-state index contributed by atoms with van der Waals surface area (Å²) in [5, 5.41) is 2.39. The van der Waals surface area contributed by atoms with E-state index in [-0.39, 0.29) is 11.8 Å². The minimum atomic E-state index is -0.270. The molecule has 1 N–H and O–H groups in total. The van der Waals surface area contributed by atoms with Gasteiger partial charge in [0, 0.05) is 18.4 Å². The molecule has 0 bridgehead atoms. The normalized spacial score (nSPS) is 27.1. The fourth-order valence-electron chi connectivity index (χ4n) is 5.31. The lowest BCUT2D eigenvalue weighted by Crippen LogP contribution is -2.60. The maximum absolute atomic E-state index is 6.71. The molecule has 3 aromatic rings. The summed E-state index contributed by atoms with van der Waals surface area (Å²) < 4.78 is 6.71. The summed E-state index contributed by atoms with van der Waals surface area (Å²) in [5.41, 5.74) is 9.60. The first-order chi connectivity index (χ1) is 15.2. The van der Waals surface area contributed by atoms with Crippen molar-refractivity contribution in [2.24, 2.45) is 5.92 Å². The Labute approximate surface area is 184 Å². The highest BCUT2D eigenvalue weighted by Crippen LogP contribution is 2.50. The molecule has 1 aliphatic carbocycles. The highest BCUT2D eigenvalue weighted by molar-refractivity contribution is 5.71. The minimum absolute atomic E-state index is 0.196. The Kier molecular flexibility index (Phi) is 4.39. The van der Waals surface area contributed by atoms with Crippen molar-refractivity contribution < 1.29 is 4.74 Å². The third-order valence-electron chi connectivity index (χ3n) is 7.18. The van der Waals surface area contributed by atoms with Crippen LogP contribution in [0.1, 0.15) is 49.8 Å². The SMILES string of the molecule is CC1CCC2(CC1)Oc1ccccc1[C@@H]1C=C(c3ccc(-c4ccccc4)cc3)NN12. The van der Waals surface area contributed by atoms with Gasteiger partial charge in [0.15, 0.2) is 5.72 Å². The van der Waals surface area contributed by atoms with Crippen LogP contribution in [0.4, 0.5) is 0 Å². The van der Waals surface area contributed by atoms with Gasteiger partial charge in [-0.25, -0.2) is 0 Å². The second-order valence-electron chi connectivity index (χ2n) is 9.22. The molecule has 0 amide bonds. The molecule has 3 aromatic carbocycles. The fourth-order valence-corrected chi connectivity index (χ4v) is 5.31. The van der Waals surface area contributed by atoms with E-state index in [0.29, 0.717) is 0 Å². The fraction of sp³-hybridized carbons (Fsp3) is 0.286. The van der Waals surface area contributed by atoms with Crippen molar-refractivity contribution in [1.82, 2.24) is 10.4 Å². The van der Waals surface area contributed by atoms with Crippen LogP contribution >= 0.6 is 0 Å². The molecule has 1 atom stereocenters. The molecule has 2 aliphatic heterocycles. The van der Waals surface area contributed by atoms with Gasteiger partial charge in [0.2, 0.25) is 0 Å². The van der Waals surface area contributed by atoms with Crippen molar-refractivity contribution in [3.63, 3.8) is 0 Å². The van der Waals surface area contributed by atoms with E-state index in [2.05, 4.69) is 102 Å². The molecule has 0 aromatic heterocycles. The standard InChI is InChI=1S/C28H28N2O/c1-20-15-17-28(18-16-20)30-26(24-9-5-6-10-27(24)31-28)19-25(29-30)23-13-11-22(12-14-23)21-7-3-2-4-8-21/h2-14,19-20,26,29H,15-18H2,1H3/t20?,26-,28?/m0/s1. The molecule has 1 saturated carbocycles. The van der Waals surface area contributed by atoms with Crippen LogP contribution in [0, 0.1) is 5.92 Å². The van der Waals surface area contributed by atoms with Gasteiger partial charge in [0.1, 0.15) is 5.75 Å². The summed E-state index contributed by atoms with van der Waals surface area (Å²) in [7, 11) is 0. The maximum atomic E-state index is 6.71. The van der Waals surface area contributed by atoms with Gasteiger partial charge in [-0.15, -0.1) is 0 Å². The highest BCUT2D eigenvalue weighted by Gasteiger charge is 2.51. The Bertz CT molecular complexity index is 1110. The van der Waals surface area contributed by atoms with Crippen LogP contribution < -0.4 is 10.2 Å². The van der Waals surface area contributed by atoms with E-state index in [1.54, 1.807) is 0 Å². The summed E-state index contributed by atoms with van der Waals surface area (Å²) in [6, 6.07) is 28.2. The molecule has 2 heterocycles. The summed E-state index contributed by atoms with van der Waals surface area (Å²) >= 11 is 0. The monoisotopic (exact) mass is 408 g/mol. The Morgan fingerprint density at radius 3 is 2.23 bits per heavy atom. The zero-order valence-corrected chi connectivity index (χ0v) is 17.9. The number of hydrogen-bond acceptors (Lipinski definition) is 3. The average Bonchev–Trinajstić information content (AvgIpc) is 3.29. The van der Waals surface area contributed by atoms with Gasteiger partial charge in [-0.2, -0.15) is 5.01 Å². The first-order valence-corrected chi connectivity index (χ1v) is 11.4. The van der Waals surface area contributed by atoms with Crippen LogP contribution in [0.25, 0.3) is 16.8 Å². The lowest BCUT2D eigenvalue weighted by Gasteiger charge is -2.51. The van der Waals surface area contributed by atoms with Gasteiger partial charge >= 0.3 is 0 Å². The number of hydrogen-bond donors (Lipinski definition) is 1. The number of ether oxygens (including phenoxy) is 1. The predicted octanol–water partition coefficient (Wildman–Crippen LogP) is 6.55. The molecule has 1 spiro atoms. The van der Waals surface area contributed by atoms with Crippen molar-refractivity contribution in [2.45, 2.75) is 44.4 Å². The van der Waals surface area contributed by atoms with E-state index < -0.39 is 0 Å². The summed E-state index contributed by atoms with van der Waals surface area (Å²) in [6.07, 6.45) is 6.89. The topological polar surface area (TPSA) is 24.5 Å². The Balaban J connectivity index is 1.35. The molecule has 156 valence electrons. The van der Waals surface area contributed by atoms with E-state index in [0.717, 1.165) is 24.5 Å². The highest BCUT2D eigenvalue weighted by atomic mass is 16.5. The first-order valence-electron chi connectivity index (χ1n) is 11.4. The van der Waals surface area contributed by atoms with Crippen LogP contribution in [-0.4, -0.2) is 10.7 Å². The number of nitrogens with one attached hydrogen (secondary N) is 1. The van der Waals surface area contributed by atoms with Gasteiger partial charge in [0.25, 0.3) is 0 Å². The van der Waals surface area contributed by atoms with E-state index in [1.807, 2.05) is 0 Å². The number of benzene rings is 3. The molecule has 6 rings (SSSR count).